The number of fused-ring (bicyclic) bond motifs is 1. The lowest BCUT2D eigenvalue weighted by atomic mass is 9.98. The average molecular weight is 277 g/mol. The number of aliphatic imine (C=N–C) groups is 1. The first-order valence-corrected chi connectivity index (χ1v) is 7.25. The maximum atomic E-state index is 4.86. The van der Waals surface area contributed by atoms with Crippen LogP contribution in [-0.2, 0) is 0 Å². The summed E-state index contributed by atoms with van der Waals surface area (Å²) >= 11 is 0. The van der Waals surface area contributed by atoms with Gasteiger partial charge in [-0.25, -0.2) is 4.98 Å². The number of hydrogen-bond acceptors (Lipinski definition) is 3. The van der Waals surface area contributed by atoms with Crippen LogP contribution in [-0.4, -0.2) is 17.2 Å². The summed E-state index contributed by atoms with van der Waals surface area (Å²) in [6.07, 6.45) is 3.88. The Labute approximate surface area is 125 Å². The zero-order chi connectivity index (χ0) is 14.7. The number of aromatic nitrogens is 1. The van der Waals surface area contributed by atoms with Crippen molar-refractivity contribution in [2.45, 2.75) is 19.8 Å². The maximum Gasteiger partial charge on any atom is 0.129 e. The fourth-order valence-corrected chi connectivity index (χ4v) is 2.70. The Balaban J connectivity index is 1.90. The van der Waals surface area contributed by atoms with Crippen LogP contribution in [0.3, 0.4) is 0 Å². The SMILES string of the molecule is C/C=C(\N=C(/C)C1CNc2ncccc21)c1ccccc1. The van der Waals surface area contributed by atoms with E-state index in [0.717, 1.165) is 29.3 Å². The lowest BCUT2D eigenvalue weighted by molar-refractivity contribution is 0.990. The lowest BCUT2D eigenvalue weighted by Gasteiger charge is -2.11. The van der Waals surface area contributed by atoms with E-state index in [1.165, 1.54) is 5.56 Å². The predicted molar refractivity (Wildman–Crippen MR) is 88.7 cm³/mol. The smallest absolute Gasteiger partial charge is 0.129 e. The Hall–Kier alpha value is -2.42. The van der Waals surface area contributed by atoms with Crippen molar-refractivity contribution < 1.29 is 0 Å². The van der Waals surface area contributed by atoms with Crippen LogP contribution >= 0.6 is 0 Å². The second-order valence-corrected chi connectivity index (χ2v) is 5.17. The summed E-state index contributed by atoms with van der Waals surface area (Å²) < 4.78 is 0. The number of anilines is 1. The second-order valence-electron chi connectivity index (χ2n) is 5.17. The molecule has 0 saturated heterocycles. The van der Waals surface area contributed by atoms with Crippen LogP contribution < -0.4 is 5.32 Å². The fraction of sp³-hybridized carbons (Fsp3) is 0.222. The Morgan fingerprint density at radius 1 is 1.24 bits per heavy atom. The quantitative estimate of drug-likeness (QED) is 0.857. The molecule has 1 N–H and O–H groups in total. The molecule has 0 fully saturated rings. The summed E-state index contributed by atoms with van der Waals surface area (Å²) in [4.78, 5) is 9.22. The molecule has 106 valence electrons. The van der Waals surface area contributed by atoms with E-state index in [1.807, 2.05) is 37.4 Å². The Morgan fingerprint density at radius 3 is 2.81 bits per heavy atom. The highest BCUT2D eigenvalue weighted by Gasteiger charge is 2.25. The highest BCUT2D eigenvalue weighted by atomic mass is 15.0. The topological polar surface area (TPSA) is 37.3 Å². The second kappa shape index (κ2) is 5.92. The number of allylic oxidation sites excluding steroid dienone is 1. The monoisotopic (exact) mass is 277 g/mol. The zero-order valence-corrected chi connectivity index (χ0v) is 12.4. The van der Waals surface area contributed by atoms with Crippen molar-refractivity contribution in [3.05, 3.63) is 65.9 Å². The highest BCUT2D eigenvalue weighted by Crippen LogP contribution is 2.31. The van der Waals surface area contributed by atoms with Gasteiger partial charge in [-0.1, -0.05) is 42.5 Å². The van der Waals surface area contributed by atoms with Crippen LogP contribution in [0.2, 0.25) is 0 Å². The minimum absolute atomic E-state index is 0.298. The molecule has 3 rings (SSSR count). The summed E-state index contributed by atoms with van der Waals surface area (Å²) in [5.74, 6) is 1.28. The minimum atomic E-state index is 0.298. The molecule has 3 heteroatoms. The van der Waals surface area contributed by atoms with Crippen LogP contribution in [0.5, 0.6) is 0 Å². The van der Waals surface area contributed by atoms with Crippen molar-refractivity contribution in [3.63, 3.8) is 0 Å². The number of pyridine rings is 1. The number of hydrogen-bond donors (Lipinski definition) is 1. The molecule has 0 bridgehead atoms. The lowest BCUT2D eigenvalue weighted by Crippen LogP contribution is -2.11. The van der Waals surface area contributed by atoms with Gasteiger partial charge in [0.1, 0.15) is 5.82 Å². The van der Waals surface area contributed by atoms with Gasteiger partial charge in [-0.2, -0.15) is 0 Å². The van der Waals surface area contributed by atoms with E-state index in [2.05, 4.69) is 41.5 Å². The largest absolute Gasteiger partial charge is 0.369 e. The first-order valence-electron chi connectivity index (χ1n) is 7.25. The van der Waals surface area contributed by atoms with Gasteiger partial charge in [-0.15, -0.1) is 0 Å². The fourth-order valence-electron chi connectivity index (χ4n) is 2.70. The van der Waals surface area contributed by atoms with Crippen LogP contribution in [0.1, 0.15) is 30.9 Å². The highest BCUT2D eigenvalue weighted by molar-refractivity contribution is 5.95. The van der Waals surface area contributed by atoms with Gasteiger partial charge in [-0.3, -0.25) is 4.99 Å². The van der Waals surface area contributed by atoms with Crippen molar-refractivity contribution in [1.82, 2.24) is 4.98 Å². The van der Waals surface area contributed by atoms with Crippen LogP contribution in [0, 0.1) is 0 Å². The van der Waals surface area contributed by atoms with E-state index < -0.39 is 0 Å². The number of nitrogens with zero attached hydrogens (tertiary/aromatic N) is 2. The van der Waals surface area contributed by atoms with Crippen molar-refractivity contribution in [2.24, 2.45) is 4.99 Å². The molecule has 0 radical (unpaired) electrons. The predicted octanol–water partition coefficient (Wildman–Crippen LogP) is 4.11. The van der Waals surface area contributed by atoms with Gasteiger partial charge in [0.25, 0.3) is 0 Å². The summed E-state index contributed by atoms with van der Waals surface area (Å²) in [5, 5.41) is 3.35. The molecule has 0 amide bonds. The molecule has 3 nitrogen and oxygen atoms in total. The molecule has 1 aromatic heterocycles. The molecule has 1 aliphatic rings. The van der Waals surface area contributed by atoms with Crippen LogP contribution in [0.25, 0.3) is 5.70 Å². The Morgan fingerprint density at radius 2 is 2.05 bits per heavy atom. The first kappa shape index (κ1) is 13.6. The standard InChI is InChI=1S/C18H19N3/c1-3-17(14-8-5-4-6-9-14)21-13(2)16-12-20-18-15(16)10-7-11-19-18/h3-11,16H,12H2,1-2H3,(H,19,20)/b17-3-,21-13+. The van der Waals surface area contributed by atoms with Crippen molar-refractivity contribution in [1.29, 1.82) is 0 Å². The van der Waals surface area contributed by atoms with Gasteiger partial charge < -0.3 is 5.32 Å². The molecule has 2 aromatic rings. The van der Waals surface area contributed by atoms with E-state index in [4.69, 9.17) is 4.99 Å². The molecular formula is C18H19N3. The van der Waals surface area contributed by atoms with E-state index in [-0.39, 0.29) is 0 Å². The van der Waals surface area contributed by atoms with Crippen molar-refractivity contribution in [2.75, 3.05) is 11.9 Å². The van der Waals surface area contributed by atoms with Crippen LogP contribution in [0.15, 0.2) is 59.7 Å². The Kier molecular flexibility index (Phi) is 3.82. The van der Waals surface area contributed by atoms with Gasteiger partial charge in [0.15, 0.2) is 0 Å². The molecule has 21 heavy (non-hydrogen) atoms. The number of nitrogens with one attached hydrogen (secondary N) is 1. The van der Waals surface area contributed by atoms with Gasteiger partial charge in [0.05, 0.1) is 5.70 Å². The van der Waals surface area contributed by atoms with E-state index >= 15 is 0 Å². The zero-order valence-electron chi connectivity index (χ0n) is 12.4. The van der Waals surface area contributed by atoms with Gasteiger partial charge in [0.2, 0.25) is 0 Å². The summed E-state index contributed by atoms with van der Waals surface area (Å²) in [6.45, 7) is 5.00. The van der Waals surface area contributed by atoms with Crippen molar-refractivity contribution >= 4 is 17.2 Å². The molecule has 1 atom stereocenters. The average Bonchev–Trinajstić information content (AvgIpc) is 2.97. The molecule has 2 heterocycles. The van der Waals surface area contributed by atoms with Gasteiger partial charge in [0, 0.05) is 29.9 Å². The van der Waals surface area contributed by atoms with E-state index in [9.17, 15) is 0 Å². The van der Waals surface area contributed by atoms with Gasteiger partial charge >= 0.3 is 0 Å². The van der Waals surface area contributed by atoms with Crippen LogP contribution in [0.4, 0.5) is 5.82 Å². The number of benzene rings is 1. The van der Waals surface area contributed by atoms with Crippen molar-refractivity contribution in [3.8, 4) is 0 Å². The Bertz CT molecular complexity index is 687. The molecular weight excluding hydrogens is 258 g/mol. The third-order valence-electron chi connectivity index (χ3n) is 3.83. The molecule has 0 saturated carbocycles. The van der Waals surface area contributed by atoms with Gasteiger partial charge in [-0.05, 0) is 25.5 Å². The third-order valence-corrected chi connectivity index (χ3v) is 3.83. The first-order chi connectivity index (χ1) is 10.3. The normalized spacial score (nSPS) is 18.3. The molecule has 1 aromatic carbocycles. The molecule has 1 aliphatic heterocycles. The summed E-state index contributed by atoms with van der Waals surface area (Å²) in [7, 11) is 0. The third kappa shape index (κ3) is 2.72. The van der Waals surface area contributed by atoms with E-state index in [0.29, 0.717) is 5.92 Å². The summed E-state index contributed by atoms with van der Waals surface area (Å²) in [6, 6.07) is 14.4. The maximum absolute atomic E-state index is 4.86. The summed E-state index contributed by atoms with van der Waals surface area (Å²) in [5.41, 5.74) is 4.52. The van der Waals surface area contributed by atoms with E-state index in [1.54, 1.807) is 0 Å². The number of rotatable bonds is 3. The molecule has 0 aliphatic carbocycles. The minimum Gasteiger partial charge on any atom is -0.369 e. The molecule has 1 unspecified atom stereocenters. The molecule has 0 spiro atoms.